The first kappa shape index (κ1) is 7.56. The van der Waals surface area contributed by atoms with Gasteiger partial charge in [-0.15, -0.1) is 0 Å². The zero-order valence-electron chi connectivity index (χ0n) is 7.25. The van der Waals surface area contributed by atoms with Gasteiger partial charge in [-0.1, -0.05) is 30.4 Å². The minimum Gasteiger partial charge on any atom is -0.330 e. The van der Waals surface area contributed by atoms with Crippen molar-refractivity contribution in [3.63, 3.8) is 0 Å². The van der Waals surface area contributed by atoms with Gasteiger partial charge in [-0.2, -0.15) is 0 Å². The molecule has 0 heterocycles. The van der Waals surface area contributed by atoms with Gasteiger partial charge in [0, 0.05) is 12.5 Å². The Morgan fingerprint density at radius 2 is 2.25 bits per heavy atom. The first-order valence-corrected chi connectivity index (χ1v) is 4.30. The highest BCUT2D eigenvalue weighted by atomic mass is 14.5. The quantitative estimate of drug-likeness (QED) is 0.667. The highest BCUT2D eigenvalue weighted by Crippen LogP contribution is 2.31. The van der Waals surface area contributed by atoms with E-state index in [2.05, 4.69) is 37.3 Å². The lowest BCUT2D eigenvalue weighted by molar-refractivity contribution is 0.856. The standard InChI is InChI=1S/C11H13N/c1-8-3-2-4-9-5-6-10(7-12)11(8)9/h2-6,10H,7,12H2,1H3. The third-order valence-electron chi connectivity index (χ3n) is 2.49. The van der Waals surface area contributed by atoms with Gasteiger partial charge < -0.3 is 5.73 Å². The fraction of sp³-hybridized carbons (Fsp3) is 0.273. The topological polar surface area (TPSA) is 26.0 Å². The molecule has 0 bridgehead atoms. The Morgan fingerprint density at radius 1 is 1.42 bits per heavy atom. The second kappa shape index (κ2) is 2.76. The fourth-order valence-corrected chi connectivity index (χ4v) is 1.87. The molecule has 1 aromatic carbocycles. The van der Waals surface area contributed by atoms with Crippen LogP contribution in [0.2, 0.25) is 0 Å². The fourth-order valence-electron chi connectivity index (χ4n) is 1.87. The highest BCUT2D eigenvalue weighted by Gasteiger charge is 2.16. The molecule has 12 heavy (non-hydrogen) atoms. The second-order valence-electron chi connectivity index (χ2n) is 3.28. The molecular formula is C11H13N. The second-order valence-corrected chi connectivity index (χ2v) is 3.28. The molecule has 0 saturated carbocycles. The van der Waals surface area contributed by atoms with Crippen molar-refractivity contribution in [2.75, 3.05) is 6.54 Å². The summed E-state index contributed by atoms with van der Waals surface area (Å²) in [6.45, 7) is 2.86. The molecule has 1 unspecified atom stereocenters. The number of hydrogen-bond donors (Lipinski definition) is 1. The van der Waals surface area contributed by atoms with Crippen LogP contribution in [0.4, 0.5) is 0 Å². The van der Waals surface area contributed by atoms with Crippen molar-refractivity contribution in [1.82, 2.24) is 0 Å². The summed E-state index contributed by atoms with van der Waals surface area (Å²) in [5.41, 5.74) is 9.78. The van der Waals surface area contributed by atoms with Gasteiger partial charge >= 0.3 is 0 Å². The summed E-state index contributed by atoms with van der Waals surface area (Å²) in [7, 11) is 0. The van der Waals surface area contributed by atoms with Crippen LogP contribution in [0.5, 0.6) is 0 Å². The van der Waals surface area contributed by atoms with Gasteiger partial charge in [-0.3, -0.25) is 0 Å². The van der Waals surface area contributed by atoms with Crippen LogP contribution >= 0.6 is 0 Å². The number of aryl methyl sites for hydroxylation is 1. The van der Waals surface area contributed by atoms with Gasteiger partial charge in [0.25, 0.3) is 0 Å². The van der Waals surface area contributed by atoms with Crippen molar-refractivity contribution in [3.8, 4) is 0 Å². The van der Waals surface area contributed by atoms with Crippen LogP contribution in [0, 0.1) is 6.92 Å². The molecule has 0 aromatic heterocycles. The molecular weight excluding hydrogens is 146 g/mol. The van der Waals surface area contributed by atoms with Crippen molar-refractivity contribution in [2.24, 2.45) is 5.73 Å². The minimum absolute atomic E-state index is 0.446. The molecule has 1 aromatic rings. The third kappa shape index (κ3) is 0.978. The van der Waals surface area contributed by atoms with E-state index in [4.69, 9.17) is 5.73 Å². The Morgan fingerprint density at radius 3 is 3.00 bits per heavy atom. The van der Waals surface area contributed by atoms with E-state index in [1.807, 2.05) is 0 Å². The van der Waals surface area contributed by atoms with Gasteiger partial charge in [0.2, 0.25) is 0 Å². The van der Waals surface area contributed by atoms with Gasteiger partial charge in [-0.05, 0) is 23.6 Å². The molecule has 2 rings (SSSR count). The molecule has 1 aliphatic rings. The summed E-state index contributed by atoms with van der Waals surface area (Å²) >= 11 is 0. The van der Waals surface area contributed by atoms with E-state index in [0.717, 1.165) is 0 Å². The van der Waals surface area contributed by atoms with E-state index in [9.17, 15) is 0 Å². The zero-order chi connectivity index (χ0) is 8.55. The highest BCUT2D eigenvalue weighted by molar-refractivity contribution is 5.64. The number of rotatable bonds is 1. The zero-order valence-corrected chi connectivity index (χ0v) is 7.25. The van der Waals surface area contributed by atoms with Gasteiger partial charge in [0.05, 0.1) is 0 Å². The molecule has 1 heteroatoms. The van der Waals surface area contributed by atoms with Crippen LogP contribution in [0.25, 0.3) is 6.08 Å². The molecule has 1 atom stereocenters. The van der Waals surface area contributed by atoms with Crippen molar-refractivity contribution in [2.45, 2.75) is 12.8 Å². The van der Waals surface area contributed by atoms with Crippen LogP contribution in [0.1, 0.15) is 22.6 Å². The molecule has 62 valence electrons. The average Bonchev–Trinajstić information content (AvgIpc) is 2.49. The monoisotopic (exact) mass is 159 g/mol. The van der Waals surface area contributed by atoms with Crippen molar-refractivity contribution >= 4 is 6.08 Å². The van der Waals surface area contributed by atoms with E-state index >= 15 is 0 Å². The van der Waals surface area contributed by atoms with Gasteiger partial charge in [-0.25, -0.2) is 0 Å². The SMILES string of the molecule is Cc1cccc2c1C(CN)C=C2. The first-order valence-electron chi connectivity index (χ1n) is 4.30. The van der Waals surface area contributed by atoms with Crippen LogP contribution in [-0.4, -0.2) is 6.54 Å². The lowest BCUT2D eigenvalue weighted by atomic mass is 9.96. The molecule has 0 amide bonds. The third-order valence-corrected chi connectivity index (χ3v) is 2.49. The predicted molar refractivity (Wildman–Crippen MR) is 52.0 cm³/mol. The Hall–Kier alpha value is -1.08. The van der Waals surface area contributed by atoms with Gasteiger partial charge in [0.1, 0.15) is 0 Å². The maximum absolute atomic E-state index is 5.67. The minimum atomic E-state index is 0.446. The van der Waals surface area contributed by atoms with Crippen LogP contribution in [-0.2, 0) is 0 Å². The lowest BCUT2D eigenvalue weighted by Crippen LogP contribution is -2.09. The Labute approximate surface area is 72.9 Å². The Balaban J connectivity index is 2.54. The maximum Gasteiger partial charge on any atom is 0.0153 e. The number of hydrogen-bond acceptors (Lipinski definition) is 1. The van der Waals surface area contributed by atoms with Crippen molar-refractivity contribution in [3.05, 3.63) is 41.0 Å². The lowest BCUT2D eigenvalue weighted by Gasteiger charge is -2.10. The average molecular weight is 159 g/mol. The van der Waals surface area contributed by atoms with E-state index in [0.29, 0.717) is 12.5 Å². The molecule has 0 spiro atoms. The maximum atomic E-state index is 5.67. The smallest absolute Gasteiger partial charge is 0.0153 e. The first-order chi connectivity index (χ1) is 5.83. The van der Waals surface area contributed by atoms with E-state index in [1.165, 1.54) is 16.7 Å². The molecule has 0 radical (unpaired) electrons. The number of fused-ring (bicyclic) bond motifs is 1. The summed E-state index contributed by atoms with van der Waals surface area (Å²) in [5, 5.41) is 0. The van der Waals surface area contributed by atoms with E-state index in [1.54, 1.807) is 0 Å². The summed E-state index contributed by atoms with van der Waals surface area (Å²) in [6.07, 6.45) is 4.36. The summed E-state index contributed by atoms with van der Waals surface area (Å²) in [5.74, 6) is 0.446. The molecule has 1 nitrogen and oxygen atoms in total. The largest absolute Gasteiger partial charge is 0.330 e. The van der Waals surface area contributed by atoms with Crippen molar-refractivity contribution in [1.29, 1.82) is 0 Å². The van der Waals surface area contributed by atoms with Crippen LogP contribution in [0.3, 0.4) is 0 Å². The summed E-state index contributed by atoms with van der Waals surface area (Å²) in [4.78, 5) is 0. The van der Waals surface area contributed by atoms with Crippen LogP contribution < -0.4 is 5.73 Å². The van der Waals surface area contributed by atoms with E-state index in [-0.39, 0.29) is 0 Å². The Bertz CT molecular complexity index is 326. The number of nitrogens with two attached hydrogens (primary N) is 1. The molecule has 0 fully saturated rings. The summed E-state index contributed by atoms with van der Waals surface area (Å²) in [6, 6.07) is 6.39. The number of benzene rings is 1. The van der Waals surface area contributed by atoms with E-state index < -0.39 is 0 Å². The Kier molecular flexibility index (Phi) is 1.74. The molecule has 1 aliphatic carbocycles. The van der Waals surface area contributed by atoms with Crippen LogP contribution in [0.15, 0.2) is 24.3 Å². The molecule has 0 aliphatic heterocycles. The van der Waals surface area contributed by atoms with Gasteiger partial charge in [0.15, 0.2) is 0 Å². The normalized spacial score (nSPS) is 19.7. The molecule has 0 saturated heterocycles. The summed E-state index contributed by atoms with van der Waals surface area (Å²) < 4.78 is 0. The molecule has 2 N–H and O–H groups in total. The van der Waals surface area contributed by atoms with Crippen molar-refractivity contribution < 1.29 is 0 Å². The predicted octanol–water partition coefficient (Wildman–Crippen LogP) is 2.06.